The molecule has 1 aromatic carbocycles. The minimum absolute atomic E-state index is 0.00573. The van der Waals surface area contributed by atoms with E-state index < -0.39 is 18.0 Å². The molecule has 0 radical (unpaired) electrons. The number of aliphatic carboxylic acids is 1. The third-order valence-corrected chi connectivity index (χ3v) is 3.19. The molecule has 1 heterocycles. The van der Waals surface area contributed by atoms with Crippen LogP contribution in [-0.2, 0) is 11.2 Å². The smallest absolute Gasteiger partial charge is 0.332 e. The SMILES string of the molecule is O=C(O)[C@H](O)Cc1ccc(N2CCC(F)(F)C2)cc1. The summed E-state index contributed by atoms with van der Waals surface area (Å²) < 4.78 is 26.2. The predicted molar refractivity (Wildman–Crippen MR) is 65.6 cm³/mol. The van der Waals surface area contributed by atoms with Crippen molar-refractivity contribution in [1.29, 1.82) is 0 Å². The molecule has 2 rings (SSSR count). The fourth-order valence-electron chi connectivity index (χ4n) is 2.11. The first kappa shape index (κ1) is 13.7. The van der Waals surface area contributed by atoms with Crippen molar-refractivity contribution in [1.82, 2.24) is 0 Å². The Morgan fingerprint density at radius 1 is 1.37 bits per heavy atom. The van der Waals surface area contributed by atoms with E-state index in [1.165, 1.54) is 0 Å². The third kappa shape index (κ3) is 3.41. The molecule has 104 valence electrons. The van der Waals surface area contributed by atoms with Gasteiger partial charge in [-0.3, -0.25) is 0 Å². The van der Waals surface area contributed by atoms with Gasteiger partial charge in [-0.1, -0.05) is 12.1 Å². The molecule has 0 bridgehead atoms. The van der Waals surface area contributed by atoms with Crippen molar-refractivity contribution in [2.45, 2.75) is 24.9 Å². The van der Waals surface area contributed by atoms with Crippen LogP contribution in [0.25, 0.3) is 0 Å². The maximum absolute atomic E-state index is 13.1. The summed E-state index contributed by atoms with van der Waals surface area (Å²) in [6, 6.07) is 6.65. The van der Waals surface area contributed by atoms with Crippen LogP contribution in [0, 0.1) is 0 Å². The predicted octanol–water partition coefficient (Wildman–Crippen LogP) is 1.52. The van der Waals surface area contributed by atoms with E-state index in [9.17, 15) is 18.7 Å². The largest absolute Gasteiger partial charge is 0.479 e. The summed E-state index contributed by atoms with van der Waals surface area (Å²) in [5, 5.41) is 17.8. The van der Waals surface area contributed by atoms with E-state index in [-0.39, 0.29) is 19.4 Å². The topological polar surface area (TPSA) is 60.8 Å². The second-order valence-electron chi connectivity index (χ2n) is 4.75. The zero-order chi connectivity index (χ0) is 14.0. The molecule has 1 atom stereocenters. The van der Waals surface area contributed by atoms with Crippen molar-refractivity contribution >= 4 is 11.7 Å². The zero-order valence-corrected chi connectivity index (χ0v) is 10.2. The Labute approximate surface area is 109 Å². The van der Waals surface area contributed by atoms with E-state index >= 15 is 0 Å². The normalized spacial score (nSPS) is 19.4. The minimum Gasteiger partial charge on any atom is -0.479 e. The number of carbonyl (C=O) groups is 1. The van der Waals surface area contributed by atoms with Gasteiger partial charge in [0.25, 0.3) is 5.92 Å². The Morgan fingerprint density at radius 2 is 2.00 bits per heavy atom. The average molecular weight is 271 g/mol. The highest BCUT2D eigenvalue weighted by Crippen LogP contribution is 2.30. The summed E-state index contributed by atoms with van der Waals surface area (Å²) in [6.45, 7) is 0.0220. The molecule has 0 aromatic heterocycles. The first-order valence-corrected chi connectivity index (χ1v) is 6.00. The molecule has 0 unspecified atom stereocenters. The molecule has 0 spiro atoms. The maximum Gasteiger partial charge on any atom is 0.332 e. The molecule has 1 saturated heterocycles. The lowest BCUT2D eigenvalue weighted by Crippen LogP contribution is -2.25. The van der Waals surface area contributed by atoms with Crippen LogP contribution in [0.3, 0.4) is 0 Å². The monoisotopic (exact) mass is 271 g/mol. The Balaban J connectivity index is 2.01. The van der Waals surface area contributed by atoms with Crippen LogP contribution in [0.15, 0.2) is 24.3 Å². The number of rotatable bonds is 4. The number of aliphatic hydroxyl groups is 1. The Kier molecular flexibility index (Phi) is 3.71. The number of alkyl halides is 2. The summed E-state index contributed by atoms with van der Waals surface area (Å²) >= 11 is 0. The number of nitrogens with zero attached hydrogens (tertiary/aromatic N) is 1. The van der Waals surface area contributed by atoms with Crippen LogP contribution < -0.4 is 4.90 Å². The molecule has 0 aliphatic carbocycles. The highest BCUT2D eigenvalue weighted by atomic mass is 19.3. The fourth-order valence-corrected chi connectivity index (χ4v) is 2.11. The van der Waals surface area contributed by atoms with Crippen LogP contribution >= 0.6 is 0 Å². The lowest BCUT2D eigenvalue weighted by Gasteiger charge is -2.18. The van der Waals surface area contributed by atoms with Gasteiger partial charge in [-0.15, -0.1) is 0 Å². The lowest BCUT2D eigenvalue weighted by atomic mass is 10.1. The Bertz CT molecular complexity index is 461. The van der Waals surface area contributed by atoms with Gasteiger partial charge in [-0.25, -0.2) is 13.6 Å². The van der Waals surface area contributed by atoms with Gasteiger partial charge >= 0.3 is 5.97 Å². The molecular weight excluding hydrogens is 256 g/mol. The molecule has 4 nitrogen and oxygen atoms in total. The number of halogens is 2. The average Bonchev–Trinajstić information content (AvgIpc) is 2.70. The molecule has 1 fully saturated rings. The third-order valence-electron chi connectivity index (χ3n) is 3.19. The van der Waals surface area contributed by atoms with Crippen LogP contribution in [-0.4, -0.2) is 41.3 Å². The van der Waals surface area contributed by atoms with E-state index in [0.717, 1.165) is 0 Å². The highest BCUT2D eigenvalue weighted by molar-refractivity contribution is 5.72. The summed E-state index contributed by atoms with van der Waals surface area (Å²) in [5.41, 5.74) is 1.34. The van der Waals surface area contributed by atoms with Gasteiger partial charge in [-0.05, 0) is 17.7 Å². The molecule has 19 heavy (non-hydrogen) atoms. The number of anilines is 1. The van der Waals surface area contributed by atoms with Crippen molar-refractivity contribution in [3.8, 4) is 0 Å². The van der Waals surface area contributed by atoms with E-state index in [1.807, 2.05) is 0 Å². The number of benzene rings is 1. The van der Waals surface area contributed by atoms with Gasteiger partial charge < -0.3 is 15.1 Å². The summed E-state index contributed by atoms with van der Waals surface area (Å²) in [6.07, 6.45) is -1.58. The van der Waals surface area contributed by atoms with Gasteiger partial charge in [0, 0.05) is 25.1 Å². The van der Waals surface area contributed by atoms with E-state index in [2.05, 4.69) is 0 Å². The second-order valence-corrected chi connectivity index (χ2v) is 4.75. The van der Waals surface area contributed by atoms with Gasteiger partial charge in [0.1, 0.15) is 0 Å². The quantitative estimate of drug-likeness (QED) is 0.871. The first-order valence-electron chi connectivity index (χ1n) is 6.00. The molecule has 1 aromatic rings. The number of carboxylic acid groups (broad SMARTS) is 1. The molecule has 0 saturated carbocycles. The van der Waals surface area contributed by atoms with Crippen molar-refractivity contribution < 1.29 is 23.8 Å². The summed E-state index contributed by atoms with van der Waals surface area (Å²) in [4.78, 5) is 12.1. The molecule has 0 amide bonds. The zero-order valence-electron chi connectivity index (χ0n) is 10.2. The van der Waals surface area contributed by atoms with E-state index in [0.29, 0.717) is 17.8 Å². The van der Waals surface area contributed by atoms with Crippen molar-refractivity contribution in [2.24, 2.45) is 0 Å². The summed E-state index contributed by atoms with van der Waals surface area (Å²) in [7, 11) is 0. The standard InChI is InChI=1S/C13H15F2NO3/c14-13(15)5-6-16(8-13)10-3-1-9(2-4-10)7-11(17)12(18)19/h1-4,11,17H,5-8H2,(H,18,19)/t11-/m1/s1. The first-order chi connectivity index (χ1) is 8.87. The molecule has 1 aliphatic heterocycles. The van der Waals surface area contributed by atoms with Gasteiger partial charge in [0.15, 0.2) is 6.10 Å². The van der Waals surface area contributed by atoms with Gasteiger partial charge in [0.2, 0.25) is 0 Å². The van der Waals surface area contributed by atoms with Gasteiger partial charge in [0.05, 0.1) is 6.54 Å². The van der Waals surface area contributed by atoms with Crippen molar-refractivity contribution in [3.05, 3.63) is 29.8 Å². The van der Waals surface area contributed by atoms with Crippen LogP contribution in [0.2, 0.25) is 0 Å². The van der Waals surface area contributed by atoms with Crippen LogP contribution in [0.5, 0.6) is 0 Å². The molecular formula is C13H15F2NO3. The Hall–Kier alpha value is -1.69. The summed E-state index contributed by atoms with van der Waals surface area (Å²) in [5.74, 6) is -3.92. The second kappa shape index (κ2) is 5.13. The van der Waals surface area contributed by atoms with Crippen LogP contribution in [0.4, 0.5) is 14.5 Å². The highest BCUT2D eigenvalue weighted by Gasteiger charge is 2.38. The van der Waals surface area contributed by atoms with Crippen molar-refractivity contribution in [3.63, 3.8) is 0 Å². The maximum atomic E-state index is 13.1. The van der Waals surface area contributed by atoms with Gasteiger partial charge in [-0.2, -0.15) is 0 Å². The number of aliphatic hydroxyl groups excluding tert-OH is 1. The number of hydrogen-bond acceptors (Lipinski definition) is 3. The minimum atomic E-state index is -2.64. The Morgan fingerprint density at radius 3 is 2.47 bits per heavy atom. The number of hydrogen-bond donors (Lipinski definition) is 2. The molecule has 1 aliphatic rings. The fraction of sp³-hybridized carbons (Fsp3) is 0.462. The van der Waals surface area contributed by atoms with Crippen LogP contribution in [0.1, 0.15) is 12.0 Å². The molecule has 2 N–H and O–H groups in total. The number of carboxylic acids is 1. The van der Waals surface area contributed by atoms with E-state index in [1.54, 1.807) is 29.2 Å². The van der Waals surface area contributed by atoms with E-state index in [4.69, 9.17) is 5.11 Å². The van der Waals surface area contributed by atoms with Crippen molar-refractivity contribution in [2.75, 3.05) is 18.0 Å². The lowest BCUT2D eigenvalue weighted by molar-refractivity contribution is -0.146. The molecule has 6 heteroatoms.